The molecule has 4 rings (SSSR count). The Morgan fingerprint density at radius 3 is 2.41 bits per heavy atom. The molecule has 1 aliphatic rings. The molecule has 0 saturated carbocycles. The van der Waals surface area contributed by atoms with Crippen LogP contribution in [0.2, 0.25) is 0 Å². The summed E-state index contributed by atoms with van der Waals surface area (Å²) in [6, 6.07) is 18.1. The van der Waals surface area contributed by atoms with Gasteiger partial charge in [-0.15, -0.1) is 0 Å². The van der Waals surface area contributed by atoms with Gasteiger partial charge < -0.3 is 9.15 Å². The molecule has 7 nitrogen and oxygen atoms in total. The van der Waals surface area contributed by atoms with Crippen LogP contribution in [0.5, 0.6) is 5.75 Å². The molecule has 34 heavy (non-hydrogen) atoms. The summed E-state index contributed by atoms with van der Waals surface area (Å²) in [5.74, 6) is 0.681. The van der Waals surface area contributed by atoms with Crippen LogP contribution in [0.1, 0.15) is 42.2 Å². The van der Waals surface area contributed by atoms with Gasteiger partial charge >= 0.3 is 0 Å². The first-order chi connectivity index (χ1) is 16.4. The molecule has 0 bridgehead atoms. The van der Waals surface area contributed by atoms with Crippen molar-refractivity contribution in [2.75, 3.05) is 0 Å². The standard InChI is InChI=1S/C26H26N2O5S/c1-19(5-4-12-27)34(30,31)24-10-8-20(9-11-24)17-33-26-18-32-23(13-25(26)29)16-28-14-21-6-2-3-7-22(21)15-28/h2-3,6-11,13,18-19H,4-5,14-17H2,1H3. The first-order valence-corrected chi connectivity index (χ1v) is 12.6. The molecule has 0 amide bonds. The molecule has 0 aliphatic carbocycles. The number of nitrogens with zero attached hydrogens (tertiary/aromatic N) is 2. The number of ether oxygens (including phenoxy) is 1. The summed E-state index contributed by atoms with van der Waals surface area (Å²) in [7, 11) is -3.50. The number of nitriles is 1. The van der Waals surface area contributed by atoms with Gasteiger partial charge in [-0.1, -0.05) is 36.4 Å². The number of rotatable bonds is 9. The molecule has 0 fully saturated rings. The fourth-order valence-electron chi connectivity index (χ4n) is 3.95. The van der Waals surface area contributed by atoms with Crippen molar-refractivity contribution in [3.05, 3.63) is 93.5 Å². The van der Waals surface area contributed by atoms with Crippen molar-refractivity contribution in [1.82, 2.24) is 4.90 Å². The highest BCUT2D eigenvalue weighted by Gasteiger charge is 2.23. The van der Waals surface area contributed by atoms with E-state index >= 15 is 0 Å². The van der Waals surface area contributed by atoms with Gasteiger partial charge in [-0.3, -0.25) is 9.69 Å². The normalized spacial score (nSPS) is 14.4. The fourth-order valence-corrected chi connectivity index (χ4v) is 5.36. The molecule has 2 heterocycles. The number of sulfone groups is 1. The van der Waals surface area contributed by atoms with Crippen LogP contribution in [0, 0.1) is 11.3 Å². The predicted molar refractivity (Wildman–Crippen MR) is 127 cm³/mol. The molecule has 0 N–H and O–H groups in total. The second kappa shape index (κ2) is 10.2. The first-order valence-electron chi connectivity index (χ1n) is 11.1. The Morgan fingerprint density at radius 1 is 1.12 bits per heavy atom. The lowest BCUT2D eigenvalue weighted by Crippen LogP contribution is -2.18. The highest BCUT2D eigenvalue weighted by Crippen LogP contribution is 2.24. The molecule has 1 unspecified atom stereocenters. The number of hydrogen-bond donors (Lipinski definition) is 0. The molecule has 0 radical (unpaired) electrons. The number of hydrogen-bond acceptors (Lipinski definition) is 7. The van der Waals surface area contributed by atoms with E-state index in [1.54, 1.807) is 19.1 Å². The summed E-state index contributed by atoms with van der Waals surface area (Å²) in [5, 5.41) is 8.05. The quantitative estimate of drug-likeness (QED) is 0.454. The Morgan fingerprint density at radius 2 is 1.79 bits per heavy atom. The molecule has 8 heteroatoms. The van der Waals surface area contributed by atoms with E-state index in [9.17, 15) is 13.2 Å². The van der Waals surface area contributed by atoms with Crippen molar-refractivity contribution in [3.8, 4) is 11.8 Å². The lowest BCUT2D eigenvalue weighted by atomic mass is 10.1. The van der Waals surface area contributed by atoms with Crippen LogP contribution in [0.25, 0.3) is 0 Å². The second-order valence-corrected chi connectivity index (χ2v) is 10.8. The third-order valence-corrected chi connectivity index (χ3v) is 8.20. The molecule has 1 aromatic heterocycles. The summed E-state index contributed by atoms with van der Waals surface area (Å²) >= 11 is 0. The number of benzene rings is 2. The highest BCUT2D eigenvalue weighted by atomic mass is 32.2. The van der Waals surface area contributed by atoms with E-state index in [0.717, 1.165) is 18.7 Å². The first kappa shape index (κ1) is 23.7. The maximum atomic E-state index is 12.6. The van der Waals surface area contributed by atoms with Crippen LogP contribution < -0.4 is 10.2 Å². The van der Waals surface area contributed by atoms with Gasteiger partial charge in [0.15, 0.2) is 9.84 Å². The van der Waals surface area contributed by atoms with Crippen molar-refractivity contribution >= 4 is 9.84 Å². The number of fused-ring (bicyclic) bond motifs is 1. The van der Waals surface area contributed by atoms with Crippen molar-refractivity contribution in [2.24, 2.45) is 0 Å². The zero-order chi connectivity index (χ0) is 24.1. The van der Waals surface area contributed by atoms with Gasteiger partial charge in [-0.25, -0.2) is 8.42 Å². The minimum absolute atomic E-state index is 0.107. The lowest BCUT2D eigenvalue weighted by molar-refractivity contribution is 0.241. The van der Waals surface area contributed by atoms with Gasteiger partial charge in [0.1, 0.15) is 18.6 Å². The zero-order valence-corrected chi connectivity index (χ0v) is 19.8. The summed E-state index contributed by atoms with van der Waals surface area (Å²) in [5.41, 5.74) is 3.05. The van der Waals surface area contributed by atoms with Crippen molar-refractivity contribution in [2.45, 2.75) is 56.2 Å². The Balaban J connectivity index is 1.34. The van der Waals surface area contributed by atoms with E-state index in [-0.39, 0.29) is 29.1 Å². The van der Waals surface area contributed by atoms with Crippen LogP contribution in [0.4, 0.5) is 0 Å². The summed E-state index contributed by atoms with van der Waals surface area (Å²) in [4.78, 5) is 14.9. The van der Waals surface area contributed by atoms with E-state index < -0.39 is 15.1 Å². The van der Waals surface area contributed by atoms with E-state index in [2.05, 4.69) is 17.0 Å². The average Bonchev–Trinajstić information content (AvgIpc) is 3.24. The Labute approximate surface area is 199 Å². The van der Waals surface area contributed by atoms with Crippen LogP contribution in [0.15, 0.2) is 75.0 Å². The maximum absolute atomic E-state index is 12.6. The molecule has 1 aliphatic heterocycles. The molecule has 176 valence electrons. The lowest BCUT2D eigenvalue weighted by Gasteiger charge is -2.14. The van der Waals surface area contributed by atoms with Crippen LogP contribution >= 0.6 is 0 Å². The molecule has 3 aromatic rings. The third-order valence-electron chi connectivity index (χ3n) is 5.98. The van der Waals surface area contributed by atoms with Crippen LogP contribution in [-0.4, -0.2) is 18.6 Å². The van der Waals surface area contributed by atoms with E-state index in [0.29, 0.717) is 18.7 Å². The average molecular weight is 479 g/mol. The highest BCUT2D eigenvalue weighted by molar-refractivity contribution is 7.92. The van der Waals surface area contributed by atoms with E-state index in [4.69, 9.17) is 14.4 Å². The zero-order valence-electron chi connectivity index (χ0n) is 18.9. The Kier molecular flexibility index (Phi) is 7.15. The van der Waals surface area contributed by atoms with Gasteiger partial charge in [0.2, 0.25) is 11.2 Å². The van der Waals surface area contributed by atoms with E-state index in [1.165, 1.54) is 35.6 Å². The topological polar surface area (TPSA) is 101 Å². The largest absolute Gasteiger partial charge is 0.482 e. The molecular weight excluding hydrogens is 452 g/mol. The fraction of sp³-hybridized carbons (Fsp3) is 0.308. The van der Waals surface area contributed by atoms with Crippen molar-refractivity contribution in [1.29, 1.82) is 5.26 Å². The Bertz CT molecular complexity index is 1330. The molecule has 0 spiro atoms. The van der Waals surface area contributed by atoms with Gasteiger partial charge in [0.05, 0.1) is 22.8 Å². The van der Waals surface area contributed by atoms with Crippen LogP contribution in [0.3, 0.4) is 0 Å². The third kappa shape index (κ3) is 5.38. The van der Waals surface area contributed by atoms with Gasteiger partial charge in [0, 0.05) is 25.6 Å². The predicted octanol–water partition coefficient (Wildman–Crippen LogP) is 4.20. The van der Waals surface area contributed by atoms with Gasteiger partial charge in [-0.2, -0.15) is 5.26 Å². The molecule has 2 aromatic carbocycles. The minimum atomic E-state index is -3.50. The Hall–Kier alpha value is -3.41. The second-order valence-electron chi connectivity index (χ2n) is 8.47. The monoisotopic (exact) mass is 478 g/mol. The SMILES string of the molecule is CC(CCC#N)S(=O)(=O)c1ccc(COc2coc(CN3Cc4ccccc4C3)cc2=O)cc1. The molecular formula is C26H26N2O5S. The van der Waals surface area contributed by atoms with Gasteiger partial charge in [-0.05, 0) is 42.2 Å². The van der Waals surface area contributed by atoms with E-state index in [1.807, 2.05) is 18.2 Å². The molecule has 1 atom stereocenters. The van der Waals surface area contributed by atoms with Crippen molar-refractivity contribution < 1.29 is 17.6 Å². The summed E-state index contributed by atoms with van der Waals surface area (Å²) < 4.78 is 36.5. The van der Waals surface area contributed by atoms with Crippen molar-refractivity contribution in [3.63, 3.8) is 0 Å². The van der Waals surface area contributed by atoms with Crippen LogP contribution in [-0.2, 0) is 36.1 Å². The minimum Gasteiger partial charge on any atom is -0.482 e. The molecule has 0 saturated heterocycles. The smallest absolute Gasteiger partial charge is 0.227 e. The summed E-state index contributed by atoms with van der Waals surface area (Å²) in [6.07, 6.45) is 1.82. The van der Waals surface area contributed by atoms with Gasteiger partial charge in [0.25, 0.3) is 0 Å². The summed E-state index contributed by atoms with van der Waals surface area (Å²) in [6.45, 7) is 3.89. The maximum Gasteiger partial charge on any atom is 0.227 e.